The molecule has 0 saturated carbocycles. The maximum absolute atomic E-state index is 10.5. The van der Waals surface area contributed by atoms with Gasteiger partial charge in [0.25, 0.3) is 5.24 Å². The topological polar surface area (TPSA) is 35.5 Å². The second-order valence-corrected chi connectivity index (χ2v) is 2.80. The molecule has 1 saturated heterocycles. The van der Waals surface area contributed by atoms with E-state index in [-0.39, 0.29) is 6.61 Å². The second-order valence-electron chi connectivity index (χ2n) is 1.92. The number of hydrogen-bond acceptors (Lipinski definition) is 4. The van der Waals surface area contributed by atoms with Crippen LogP contribution in [0.1, 0.15) is 6.92 Å². The molecular weight excluding hydrogens is 164 g/mol. The van der Waals surface area contributed by atoms with Gasteiger partial charge in [0.2, 0.25) is 0 Å². The van der Waals surface area contributed by atoms with Gasteiger partial charge >= 0.3 is 0 Å². The summed E-state index contributed by atoms with van der Waals surface area (Å²) >= 11 is 5.97. The van der Waals surface area contributed by atoms with Gasteiger partial charge in [-0.1, -0.05) is 0 Å². The molecule has 0 amide bonds. The third kappa shape index (κ3) is 1.38. The lowest BCUT2D eigenvalue weighted by molar-refractivity contribution is -0.123. The van der Waals surface area contributed by atoms with Crippen LogP contribution >= 0.6 is 23.9 Å². The molecule has 9 heavy (non-hydrogen) atoms. The van der Waals surface area contributed by atoms with E-state index in [4.69, 9.17) is 20.0 Å². The van der Waals surface area contributed by atoms with Gasteiger partial charge in [-0.15, -0.1) is 0 Å². The highest BCUT2D eigenvalue weighted by Gasteiger charge is 2.39. The number of rotatable bonds is 1. The molecule has 1 unspecified atom stereocenters. The normalized spacial score (nSPS) is 34.9. The maximum atomic E-state index is 10.5. The Hall–Kier alpha value is 0.230. The number of halogens is 1. The monoisotopic (exact) mass is 168 g/mol. The zero-order chi connectivity index (χ0) is 6.91. The Morgan fingerprint density at radius 1 is 1.89 bits per heavy atom. The summed E-state index contributed by atoms with van der Waals surface area (Å²) in [6, 6.07) is 0. The molecule has 0 aromatic rings. The molecule has 0 N–H and O–H groups in total. The molecule has 0 spiro atoms. The molecule has 0 aliphatic carbocycles. The zero-order valence-corrected chi connectivity index (χ0v) is 6.29. The lowest BCUT2D eigenvalue weighted by Gasteiger charge is -2.11. The fourth-order valence-electron chi connectivity index (χ4n) is 0.349. The van der Waals surface area contributed by atoms with Crippen LogP contribution in [0.25, 0.3) is 0 Å². The van der Waals surface area contributed by atoms with Gasteiger partial charge in [-0.2, -0.15) is 0 Å². The molecule has 0 aromatic carbocycles. The van der Waals surface area contributed by atoms with E-state index in [9.17, 15) is 4.79 Å². The van der Waals surface area contributed by atoms with E-state index in [1.807, 2.05) is 0 Å². The van der Waals surface area contributed by atoms with Gasteiger partial charge in [-0.05, 0) is 18.5 Å². The van der Waals surface area contributed by atoms with E-state index < -0.39 is 10.8 Å². The Morgan fingerprint density at radius 3 is 2.78 bits per heavy atom. The molecule has 0 aromatic heterocycles. The fourth-order valence-corrected chi connectivity index (χ4v) is 1.08. The van der Waals surface area contributed by atoms with Crippen molar-refractivity contribution in [1.82, 2.24) is 0 Å². The van der Waals surface area contributed by atoms with Gasteiger partial charge in [0, 0.05) is 0 Å². The van der Waals surface area contributed by atoms with Crippen LogP contribution in [0.5, 0.6) is 0 Å². The van der Waals surface area contributed by atoms with Crippen molar-refractivity contribution >= 4 is 29.2 Å². The standard InChI is InChI=1S/C4H5ClO3S/c1-4(3(5)6)2-7-9-8-4/h2H2,1H3. The first-order valence-corrected chi connectivity index (χ1v) is 3.37. The summed E-state index contributed by atoms with van der Waals surface area (Å²) in [7, 11) is 0. The summed E-state index contributed by atoms with van der Waals surface area (Å²) in [6.07, 6.45) is 0. The lowest BCUT2D eigenvalue weighted by Crippen LogP contribution is -2.33. The van der Waals surface area contributed by atoms with Crippen LogP contribution in [-0.4, -0.2) is 17.5 Å². The maximum Gasteiger partial charge on any atom is 0.257 e. The average molecular weight is 169 g/mol. The predicted molar refractivity (Wildman–Crippen MR) is 33.9 cm³/mol. The molecule has 1 atom stereocenters. The molecule has 0 radical (unpaired) electrons. The van der Waals surface area contributed by atoms with Crippen LogP contribution in [-0.2, 0) is 13.2 Å². The molecule has 52 valence electrons. The molecule has 1 fully saturated rings. The fraction of sp³-hybridized carbons (Fsp3) is 0.750. The van der Waals surface area contributed by atoms with Gasteiger partial charge in [-0.3, -0.25) is 13.2 Å². The minimum atomic E-state index is -0.938. The van der Waals surface area contributed by atoms with Crippen LogP contribution in [0.3, 0.4) is 0 Å². The molecule has 0 bridgehead atoms. The van der Waals surface area contributed by atoms with Crippen LogP contribution in [0.15, 0.2) is 0 Å². The first-order chi connectivity index (χ1) is 4.15. The largest absolute Gasteiger partial charge is 0.288 e. The summed E-state index contributed by atoms with van der Waals surface area (Å²) in [5.74, 6) is 0. The Kier molecular flexibility index (Phi) is 2.00. The van der Waals surface area contributed by atoms with Crippen LogP contribution in [0, 0.1) is 0 Å². The van der Waals surface area contributed by atoms with Crippen molar-refractivity contribution < 1.29 is 13.2 Å². The molecule has 1 heterocycles. The third-order valence-corrected chi connectivity index (χ3v) is 2.07. The van der Waals surface area contributed by atoms with Gasteiger partial charge in [-0.25, -0.2) is 0 Å². The molecule has 1 aliphatic rings. The highest BCUT2D eigenvalue weighted by molar-refractivity contribution is 7.90. The SMILES string of the molecule is CC1(C(=O)Cl)COSO1. The lowest BCUT2D eigenvalue weighted by atomic mass is 10.1. The minimum absolute atomic E-state index is 0.222. The van der Waals surface area contributed by atoms with E-state index in [2.05, 4.69) is 0 Å². The quantitative estimate of drug-likeness (QED) is 0.434. The van der Waals surface area contributed by atoms with Crippen LogP contribution < -0.4 is 0 Å². The van der Waals surface area contributed by atoms with Crippen LogP contribution in [0.2, 0.25) is 0 Å². The van der Waals surface area contributed by atoms with E-state index in [0.29, 0.717) is 0 Å². The average Bonchev–Trinajstić information content (AvgIpc) is 2.16. The molecule has 5 heteroatoms. The van der Waals surface area contributed by atoms with Gasteiger partial charge in [0.05, 0.1) is 0 Å². The smallest absolute Gasteiger partial charge is 0.257 e. The summed E-state index contributed by atoms with van der Waals surface area (Å²) < 4.78 is 9.53. The van der Waals surface area contributed by atoms with E-state index in [1.165, 1.54) is 0 Å². The number of carbonyl (C=O) groups is 1. The van der Waals surface area contributed by atoms with Gasteiger partial charge in [0.15, 0.2) is 17.9 Å². The predicted octanol–water partition coefficient (Wildman–Crippen LogP) is 1.12. The van der Waals surface area contributed by atoms with Crippen molar-refractivity contribution in [2.75, 3.05) is 6.61 Å². The molecule has 3 nitrogen and oxygen atoms in total. The first-order valence-electron chi connectivity index (χ1n) is 2.32. The summed E-state index contributed by atoms with van der Waals surface area (Å²) in [5, 5.41) is -0.521. The van der Waals surface area contributed by atoms with Crippen molar-refractivity contribution in [3.63, 3.8) is 0 Å². The highest BCUT2D eigenvalue weighted by atomic mass is 35.5. The first kappa shape index (κ1) is 7.34. The van der Waals surface area contributed by atoms with E-state index in [1.54, 1.807) is 6.92 Å². The third-order valence-electron chi connectivity index (χ3n) is 1.02. The van der Waals surface area contributed by atoms with Crippen molar-refractivity contribution in [3.8, 4) is 0 Å². The van der Waals surface area contributed by atoms with Crippen molar-refractivity contribution in [1.29, 1.82) is 0 Å². The highest BCUT2D eigenvalue weighted by Crippen LogP contribution is 2.30. The summed E-state index contributed by atoms with van der Waals surface area (Å²) in [6.45, 7) is 1.81. The zero-order valence-electron chi connectivity index (χ0n) is 4.72. The summed E-state index contributed by atoms with van der Waals surface area (Å²) in [4.78, 5) is 10.5. The Morgan fingerprint density at radius 2 is 2.56 bits per heavy atom. The Bertz CT molecular complexity index is 132. The van der Waals surface area contributed by atoms with Crippen molar-refractivity contribution in [2.24, 2.45) is 0 Å². The molecule has 1 rings (SSSR count). The Labute approximate surface area is 62.1 Å². The van der Waals surface area contributed by atoms with Gasteiger partial charge < -0.3 is 0 Å². The van der Waals surface area contributed by atoms with Crippen molar-refractivity contribution in [2.45, 2.75) is 12.5 Å². The van der Waals surface area contributed by atoms with E-state index in [0.717, 1.165) is 12.3 Å². The molecular formula is C4H5ClO3S. The van der Waals surface area contributed by atoms with Crippen molar-refractivity contribution in [3.05, 3.63) is 0 Å². The molecule has 1 aliphatic heterocycles. The minimum Gasteiger partial charge on any atom is -0.288 e. The Balaban J connectivity index is 2.61. The number of hydrogen-bond donors (Lipinski definition) is 0. The van der Waals surface area contributed by atoms with E-state index >= 15 is 0 Å². The van der Waals surface area contributed by atoms with Crippen LogP contribution in [0.4, 0.5) is 0 Å². The summed E-state index contributed by atoms with van der Waals surface area (Å²) in [5.41, 5.74) is -0.938. The second kappa shape index (κ2) is 2.46. The number of carbonyl (C=O) groups excluding carboxylic acids is 1. The van der Waals surface area contributed by atoms with Gasteiger partial charge in [0.1, 0.15) is 6.61 Å².